The lowest BCUT2D eigenvalue weighted by molar-refractivity contribution is -0.137. The first-order valence-electron chi connectivity index (χ1n) is 9.39. The van der Waals surface area contributed by atoms with Crippen LogP contribution in [0, 0.1) is 0 Å². The van der Waals surface area contributed by atoms with Crippen molar-refractivity contribution in [3.8, 4) is 0 Å². The topological polar surface area (TPSA) is 64.6 Å². The molecule has 0 saturated carbocycles. The minimum atomic E-state index is -4.36. The Labute approximate surface area is 181 Å². The highest BCUT2D eigenvalue weighted by molar-refractivity contribution is 14.0. The Balaban J connectivity index is 0.00000392. The molecule has 3 N–H and O–H groups in total. The van der Waals surface area contributed by atoms with Crippen molar-refractivity contribution in [2.75, 3.05) is 45.1 Å². The van der Waals surface area contributed by atoms with Crippen LogP contribution in [-0.2, 0) is 6.18 Å². The molecule has 0 amide bonds. The number of hydrogen-bond acceptors (Lipinski definition) is 4. The number of likely N-dealkylation sites (tertiary alicyclic amines) is 1. The van der Waals surface area contributed by atoms with Gasteiger partial charge in [-0.1, -0.05) is 6.92 Å². The summed E-state index contributed by atoms with van der Waals surface area (Å²) in [6.07, 6.45) is -0.272. The summed E-state index contributed by atoms with van der Waals surface area (Å²) in [4.78, 5) is 10.5. The Kier molecular flexibility index (Phi) is 10.9. The summed E-state index contributed by atoms with van der Waals surface area (Å²) in [7, 11) is 1.74. The zero-order valence-corrected chi connectivity index (χ0v) is 18.7. The second-order valence-electron chi connectivity index (χ2n) is 6.51. The van der Waals surface area contributed by atoms with Crippen LogP contribution in [0.2, 0.25) is 0 Å². The minimum absolute atomic E-state index is 0. The van der Waals surface area contributed by atoms with Crippen LogP contribution in [-0.4, -0.2) is 61.7 Å². The number of nitrogens with zero attached hydrogens (tertiary/aromatic N) is 3. The first kappa shape index (κ1) is 24.7. The average molecular weight is 514 g/mol. The molecule has 160 valence electrons. The van der Waals surface area contributed by atoms with E-state index in [0.29, 0.717) is 24.9 Å². The lowest BCUT2D eigenvalue weighted by Gasteiger charge is -2.24. The van der Waals surface area contributed by atoms with E-state index in [4.69, 9.17) is 0 Å². The van der Waals surface area contributed by atoms with Crippen molar-refractivity contribution in [2.45, 2.75) is 38.4 Å². The molecule has 10 heteroatoms. The third-order valence-corrected chi connectivity index (χ3v) is 4.68. The molecule has 1 atom stereocenters. The number of guanidine groups is 1. The van der Waals surface area contributed by atoms with Crippen LogP contribution in [0.1, 0.15) is 31.7 Å². The number of halogens is 4. The van der Waals surface area contributed by atoms with Gasteiger partial charge in [0, 0.05) is 38.9 Å². The fraction of sp³-hybridized carbons (Fsp3) is 0.667. The Morgan fingerprint density at radius 1 is 1.29 bits per heavy atom. The molecule has 1 saturated heterocycles. The van der Waals surface area contributed by atoms with Gasteiger partial charge in [-0.05, 0) is 44.5 Å². The summed E-state index contributed by atoms with van der Waals surface area (Å²) in [5.41, 5.74) is -0.742. The Hall–Kier alpha value is -1.30. The van der Waals surface area contributed by atoms with E-state index in [1.807, 2.05) is 0 Å². The number of aliphatic imine (C=N–C) groups is 1. The van der Waals surface area contributed by atoms with Crippen molar-refractivity contribution in [3.05, 3.63) is 23.9 Å². The van der Waals surface area contributed by atoms with E-state index >= 15 is 0 Å². The highest BCUT2D eigenvalue weighted by Crippen LogP contribution is 2.28. The average Bonchev–Trinajstić information content (AvgIpc) is 3.11. The number of pyridine rings is 1. The Bertz CT molecular complexity index is 594. The molecule has 0 bridgehead atoms. The standard InChI is InChI=1S/C18H29F3N6.HI/c1-3-27-11-4-6-15(27)13-26-17(22-2)24-10-5-9-23-16-8-7-14(12-25-16)18(19,20)21;/h7-8,12,15H,3-6,9-11,13H2,1-2H3,(H,23,25)(H2,22,24,26);1H. The lowest BCUT2D eigenvalue weighted by atomic mass is 10.2. The van der Waals surface area contributed by atoms with Crippen LogP contribution >= 0.6 is 24.0 Å². The zero-order valence-electron chi connectivity index (χ0n) is 16.4. The molecule has 1 unspecified atom stereocenters. The van der Waals surface area contributed by atoms with Gasteiger partial charge in [0.1, 0.15) is 5.82 Å². The summed E-state index contributed by atoms with van der Waals surface area (Å²) >= 11 is 0. The highest BCUT2D eigenvalue weighted by Gasteiger charge is 2.30. The van der Waals surface area contributed by atoms with Gasteiger partial charge in [0.25, 0.3) is 0 Å². The molecule has 1 aliphatic rings. The van der Waals surface area contributed by atoms with Crippen molar-refractivity contribution in [1.82, 2.24) is 20.5 Å². The molecule has 6 nitrogen and oxygen atoms in total. The number of hydrogen-bond donors (Lipinski definition) is 3. The van der Waals surface area contributed by atoms with E-state index < -0.39 is 11.7 Å². The quantitative estimate of drug-likeness (QED) is 0.215. The number of alkyl halides is 3. The van der Waals surface area contributed by atoms with Crippen LogP contribution in [0.25, 0.3) is 0 Å². The molecule has 1 aromatic rings. The molecule has 0 spiro atoms. The second kappa shape index (κ2) is 12.3. The molecule has 1 fully saturated rings. The summed E-state index contributed by atoms with van der Waals surface area (Å²) in [6, 6.07) is 2.93. The molecule has 2 rings (SSSR count). The van der Waals surface area contributed by atoms with Crippen LogP contribution in [0.3, 0.4) is 0 Å². The Morgan fingerprint density at radius 2 is 2.07 bits per heavy atom. The monoisotopic (exact) mass is 514 g/mol. The van der Waals surface area contributed by atoms with Crippen LogP contribution in [0.4, 0.5) is 19.0 Å². The molecule has 1 aromatic heterocycles. The molecule has 0 radical (unpaired) electrons. The third-order valence-electron chi connectivity index (χ3n) is 4.68. The van der Waals surface area contributed by atoms with E-state index in [-0.39, 0.29) is 24.0 Å². The maximum atomic E-state index is 12.5. The summed E-state index contributed by atoms with van der Waals surface area (Å²) in [5, 5.41) is 9.64. The number of likely N-dealkylation sites (N-methyl/N-ethyl adjacent to an activating group) is 1. The number of anilines is 1. The first-order valence-corrected chi connectivity index (χ1v) is 9.39. The van der Waals surface area contributed by atoms with Crippen molar-refractivity contribution in [3.63, 3.8) is 0 Å². The maximum Gasteiger partial charge on any atom is 0.417 e. The smallest absolute Gasteiger partial charge is 0.370 e. The molecule has 2 heterocycles. The second-order valence-corrected chi connectivity index (χ2v) is 6.51. The summed E-state index contributed by atoms with van der Waals surface area (Å²) in [5.74, 6) is 1.21. The number of nitrogens with one attached hydrogen (secondary N) is 3. The van der Waals surface area contributed by atoms with E-state index in [1.165, 1.54) is 25.5 Å². The van der Waals surface area contributed by atoms with Gasteiger partial charge < -0.3 is 16.0 Å². The largest absolute Gasteiger partial charge is 0.417 e. The van der Waals surface area contributed by atoms with E-state index in [1.54, 1.807) is 7.05 Å². The zero-order chi connectivity index (χ0) is 19.7. The predicted molar refractivity (Wildman–Crippen MR) is 117 cm³/mol. The lowest BCUT2D eigenvalue weighted by Crippen LogP contribution is -2.45. The van der Waals surface area contributed by atoms with E-state index in [0.717, 1.165) is 37.7 Å². The number of rotatable bonds is 8. The first-order chi connectivity index (χ1) is 12.9. The maximum absolute atomic E-state index is 12.5. The number of aromatic nitrogens is 1. The van der Waals surface area contributed by atoms with Gasteiger partial charge in [-0.2, -0.15) is 13.2 Å². The van der Waals surface area contributed by atoms with Crippen molar-refractivity contribution >= 4 is 35.8 Å². The van der Waals surface area contributed by atoms with Gasteiger partial charge in [0.2, 0.25) is 0 Å². The fourth-order valence-electron chi connectivity index (χ4n) is 3.16. The fourth-order valence-corrected chi connectivity index (χ4v) is 3.16. The summed E-state index contributed by atoms with van der Waals surface area (Å²) < 4.78 is 37.5. The molecular formula is C18H30F3IN6. The molecule has 1 aliphatic heterocycles. The molecule has 0 aromatic carbocycles. The van der Waals surface area contributed by atoms with E-state index in [2.05, 4.69) is 37.8 Å². The van der Waals surface area contributed by atoms with Gasteiger partial charge in [0.15, 0.2) is 5.96 Å². The molecule has 28 heavy (non-hydrogen) atoms. The Morgan fingerprint density at radius 3 is 2.68 bits per heavy atom. The van der Waals surface area contributed by atoms with Gasteiger partial charge in [-0.15, -0.1) is 24.0 Å². The van der Waals surface area contributed by atoms with Gasteiger partial charge >= 0.3 is 6.18 Å². The SMILES string of the molecule is CCN1CCCC1CNC(=NC)NCCCNc1ccc(C(F)(F)F)cn1.I. The van der Waals surface area contributed by atoms with Gasteiger partial charge in [-0.25, -0.2) is 4.98 Å². The normalized spacial score (nSPS) is 17.9. The predicted octanol–water partition coefficient (Wildman–Crippen LogP) is 3.17. The van der Waals surface area contributed by atoms with Crippen molar-refractivity contribution in [1.29, 1.82) is 0 Å². The minimum Gasteiger partial charge on any atom is -0.370 e. The molecule has 0 aliphatic carbocycles. The van der Waals surface area contributed by atoms with Gasteiger partial charge in [0.05, 0.1) is 5.56 Å². The van der Waals surface area contributed by atoms with Crippen LogP contribution < -0.4 is 16.0 Å². The molecular weight excluding hydrogens is 484 g/mol. The van der Waals surface area contributed by atoms with Gasteiger partial charge in [-0.3, -0.25) is 9.89 Å². The van der Waals surface area contributed by atoms with Crippen molar-refractivity contribution in [2.24, 2.45) is 4.99 Å². The van der Waals surface area contributed by atoms with E-state index in [9.17, 15) is 13.2 Å². The van der Waals surface area contributed by atoms with Crippen LogP contribution in [0.15, 0.2) is 23.3 Å². The van der Waals surface area contributed by atoms with Crippen molar-refractivity contribution < 1.29 is 13.2 Å². The van der Waals surface area contributed by atoms with Crippen LogP contribution in [0.5, 0.6) is 0 Å². The highest BCUT2D eigenvalue weighted by atomic mass is 127. The summed E-state index contributed by atoms with van der Waals surface area (Å²) in [6.45, 7) is 6.61. The third kappa shape index (κ3) is 7.98.